The number of nitrogens with zero attached hydrogens (tertiary/aromatic N) is 1. The lowest BCUT2D eigenvalue weighted by molar-refractivity contribution is -0.239. The van der Waals surface area contributed by atoms with E-state index in [1.807, 2.05) is 0 Å². The largest absolute Gasteiger partial charge is 0.456 e. The molecule has 0 N–H and O–H groups in total. The van der Waals surface area contributed by atoms with E-state index in [1.165, 1.54) is 20.8 Å². The number of hydrogen-bond donors (Lipinski definition) is 0. The Morgan fingerprint density at radius 3 is 2.24 bits per heavy atom. The van der Waals surface area contributed by atoms with Crippen LogP contribution in [0.15, 0.2) is 30.5 Å². The Bertz CT molecular complexity index is 949. The number of benzene rings is 1. The Kier molecular flexibility index (Phi) is 5.97. The molecule has 1 aromatic heterocycles. The highest BCUT2D eigenvalue weighted by Crippen LogP contribution is 2.34. The monoisotopic (exact) mass is 403 g/mol. The molecule has 0 amide bonds. The van der Waals surface area contributed by atoms with E-state index in [4.69, 9.17) is 18.9 Å². The third-order valence-electron chi connectivity index (χ3n) is 4.50. The number of aromatic nitrogens is 1. The molecule has 0 bridgehead atoms. The molecule has 1 aromatic carbocycles. The van der Waals surface area contributed by atoms with E-state index in [0.717, 1.165) is 0 Å². The number of ether oxygens (including phenoxy) is 4. The van der Waals surface area contributed by atoms with Gasteiger partial charge in [0.15, 0.2) is 30.8 Å². The first kappa shape index (κ1) is 20.5. The molecular formula is C20H21NO8. The second kappa shape index (κ2) is 8.44. The van der Waals surface area contributed by atoms with Crippen molar-refractivity contribution >= 4 is 35.1 Å². The van der Waals surface area contributed by atoms with Crippen molar-refractivity contribution in [1.29, 1.82) is 0 Å². The van der Waals surface area contributed by atoms with Crippen molar-refractivity contribution in [2.75, 3.05) is 6.61 Å². The summed E-state index contributed by atoms with van der Waals surface area (Å²) in [7, 11) is 0. The highest BCUT2D eigenvalue weighted by atomic mass is 16.6. The molecule has 9 nitrogen and oxygen atoms in total. The molecule has 154 valence electrons. The summed E-state index contributed by atoms with van der Waals surface area (Å²) in [5.41, 5.74) is 1.10. The summed E-state index contributed by atoms with van der Waals surface area (Å²) in [5, 5.41) is 0.693. The van der Waals surface area contributed by atoms with E-state index in [-0.39, 0.29) is 6.61 Å². The van der Waals surface area contributed by atoms with Crippen LogP contribution in [-0.4, -0.2) is 53.7 Å². The predicted octanol–water partition coefficient (Wildman–Crippen LogP) is 1.78. The normalized spacial score (nSPS) is 24.0. The fourth-order valence-corrected chi connectivity index (χ4v) is 3.50. The van der Waals surface area contributed by atoms with Crippen LogP contribution in [0.4, 0.5) is 0 Å². The number of carbonyl (C=O) groups excluding carboxylic acids is 4. The number of hydrogen-bond acceptors (Lipinski definition) is 8. The van der Waals surface area contributed by atoms with Crippen LogP contribution in [0.2, 0.25) is 0 Å². The molecule has 9 heteroatoms. The van der Waals surface area contributed by atoms with Gasteiger partial charge in [-0.3, -0.25) is 19.2 Å². The van der Waals surface area contributed by atoms with Gasteiger partial charge < -0.3 is 23.5 Å². The Labute approximate surface area is 166 Å². The van der Waals surface area contributed by atoms with E-state index in [2.05, 4.69) is 0 Å². The second-order valence-corrected chi connectivity index (χ2v) is 6.65. The molecular weight excluding hydrogens is 382 g/mol. The fourth-order valence-electron chi connectivity index (χ4n) is 3.50. The highest BCUT2D eigenvalue weighted by Gasteiger charge is 2.47. The van der Waals surface area contributed by atoms with Gasteiger partial charge in [0.1, 0.15) is 0 Å². The minimum atomic E-state index is -1.11. The van der Waals surface area contributed by atoms with Crippen molar-refractivity contribution in [3.63, 3.8) is 0 Å². The van der Waals surface area contributed by atoms with Crippen LogP contribution in [0.3, 0.4) is 0 Å². The first-order valence-corrected chi connectivity index (χ1v) is 8.99. The number of aldehydes is 1. The second-order valence-electron chi connectivity index (χ2n) is 6.65. The van der Waals surface area contributed by atoms with E-state index >= 15 is 0 Å². The van der Waals surface area contributed by atoms with E-state index in [9.17, 15) is 19.2 Å². The lowest BCUT2D eigenvalue weighted by Gasteiger charge is -2.41. The Balaban J connectivity index is 2.08. The lowest BCUT2D eigenvalue weighted by Crippen LogP contribution is -2.55. The molecule has 2 aromatic rings. The number of carbonyl (C=O) groups is 4. The molecule has 0 spiro atoms. The average Bonchev–Trinajstić information content (AvgIpc) is 3.02. The van der Waals surface area contributed by atoms with E-state index < -0.39 is 42.4 Å². The van der Waals surface area contributed by atoms with Gasteiger partial charge in [0.2, 0.25) is 0 Å². The smallest absolute Gasteiger partial charge is 0.303 e. The molecule has 1 aliphatic rings. The van der Waals surface area contributed by atoms with Crippen molar-refractivity contribution < 1.29 is 38.1 Å². The SMILES string of the molecule is CC(=O)O[C@@H]1[C@@H](OC(C)=O)[C@H](OC(C)=O)CO[C@H]1n1cc(C=O)c2ccccc21. The predicted molar refractivity (Wildman–Crippen MR) is 99.0 cm³/mol. The molecule has 2 heterocycles. The summed E-state index contributed by atoms with van der Waals surface area (Å²) in [6.45, 7) is 3.54. The summed E-state index contributed by atoms with van der Waals surface area (Å²) in [4.78, 5) is 46.4. The van der Waals surface area contributed by atoms with Gasteiger partial charge in [-0.1, -0.05) is 18.2 Å². The number of para-hydroxylation sites is 1. The maximum Gasteiger partial charge on any atom is 0.303 e. The fraction of sp³-hybridized carbons (Fsp3) is 0.400. The van der Waals surface area contributed by atoms with Crippen LogP contribution in [0.25, 0.3) is 10.9 Å². The third kappa shape index (κ3) is 4.29. The van der Waals surface area contributed by atoms with Crippen LogP contribution in [0.5, 0.6) is 0 Å². The molecule has 1 aliphatic heterocycles. The quantitative estimate of drug-likeness (QED) is 0.422. The standard InChI is InChI=1S/C20H21NO8/c1-11(23)27-17-10-26-20(19(29-13(3)25)18(17)28-12(2)24)21-8-14(9-22)15-6-4-5-7-16(15)21/h4-9,17-20H,10H2,1-3H3/t17-,18+,19-,20-/m1/s1. The van der Waals surface area contributed by atoms with Crippen molar-refractivity contribution in [3.05, 3.63) is 36.0 Å². The zero-order chi connectivity index (χ0) is 21.1. The van der Waals surface area contributed by atoms with Crippen LogP contribution in [0, 0.1) is 0 Å². The van der Waals surface area contributed by atoms with Gasteiger partial charge in [-0.05, 0) is 6.07 Å². The molecule has 0 unspecified atom stereocenters. The van der Waals surface area contributed by atoms with Crippen molar-refractivity contribution in [3.8, 4) is 0 Å². The van der Waals surface area contributed by atoms with Gasteiger partial charge in [0.05, 0.1) is 12.1 Å². The van der Waals surface area contributed by atoms with Crippen LogP contribution in [-0.2, 0) is 33.3 Å². The molecule has 4 atom stereocenters. The van der Waals surface area contributed by atoms with Gasteiger partial charge in [-0.15, -0.1) is 0 Å². The number of esters is 3. The van der Waals surface area contributed by atoms with Crippen LogP contribution in [0.1, 0.15) is 37.4 Å². The first-order chi connectivity index (χ1) is 13.8. The number of rotatable bonds is 5. The van der Waals surface area contributed by atoms with E-state index in [1.54, 1.807) is 35.0 Å². The van der Waals surface area contributed by atoms with Crippen molar-refractivity contribution in [2.45, 2.75) is 45.3 Å². The molecule has 0 radical (unpaired) electrons. The van der Waals surface area contributed by atoms with Crippen LogP contribution >= 0.6 is 0 Å². The van der Waals surface area contributed by atoms with Gasteiger partial charge in [-0.2, -0.15) is 0 Å². The van der Waals surface area contributed by atoms with Crippen molar-refractivity contribution in [1.82, 2.24) is 4.57 Å². The minimum absolute atomic E-state index is 0.0944. The summed E-state index contributed by atoms with van der Waals surface area (Å²) >= 11 is 0. The lowest BCUT2D eigenvalue weighted by atomic mass is 10.0. The summed E-state index contributed by atoms with van der Waals surface area (Å²) in [6.07, 6.45) is -1.76. The Hall–Kier alpha value is -3.20. The average molecular weight is 403 g/mol. The summed E-state index contributed by atoms with van der Waals surface area (Å²) < 4.78 is 23.5. The van der Waals surface area contributed by atoms with Crippen LogP contribution < -0.4 is 0 Å². The van der Waals surface area contributed by atoms with E-state index in [0.29, 0.717) is 22.8 Å². The molecule has 0 saturated carbocycles. The number of fused-ring (bicyclic) bond motifs is 1. The first-order valence-electron chi connectivity index (χ1n) is 8.99. The molecule has 3 rings (SSSR count). The maximum atomic E-state index is 11.8. The zero-order valence-corrected chi connectivity index (χ0v) is 16.2. The topological polar surface area (TPSA) is 110 Å². The molecule has 29 heavy (non-hydrogen) atoms. The molecule has 0 aliphatic carbocycles. The molecule has 1 saturated heterocycles. The minimum Gasteiger partial charge on any atom is -0.456 e. The third-order valence-corrected chi connectivity index (χ3v) is 4.50. The summed E-state index contributed by atoms with van der Waals surface area (Å²) in [5.74, 6) is -1.85. The van der Waals surface area contributed by atoms with Gasteiger partial charge in [-0.25, -0.2) is 0 Å². The summed E-state index contributed by atoms with van der Waals surface area (Å²) in [6, 6.07) is 7.16. The Morgan fingerprint density at radius 1 is 1.00 bits per heavy atom. The molecule has 1 fully saturated rings. The van der Waals surface area contributed by atoms with Gasteiger partial charge in [0, 0.05) is 37.9 Å². The Morgan fingerprint density at radius 2 is 1.62 bits per heavy atom. The zero-order valence-electron chi connectivity index (χ0n) is 16.2. The maximum absolute atomic E-state index is 11.8. The van der Waals surface area contributed by atoms with Crippen molar-refractivity contribution in [2.24, 2.45) is 0 Å². The van der Waals surface area contributed by atoms with Gasteiger partial charge in [0.25, 0.3) is 0 Å². The van der Waals surface area contributed by atoms with Gasteiger partial charge >= 0.3 is 17.9 Å². The highest BCUT2D eigenvalue weighted by molar-refractivity contribution is 5.97.